The van der Waals surface area contributed by atoms with E-state index in [4.69, 9.17) is 4.42 Å². The first-order valence-corrected chi connectivity index (χ1v) is 9.87. The van der Waals surface area contributed by atoms with E-state index in [1.807, 2.05) is 24.3 Å². The molecule has 1 aromatic heterocycles. The van der Waals surface area contributed by atoms with Crippen molar-refractivity contribution in [3.05, 3.63) is 24.3 Å². The molecule has 5 rings (SSSR count). The highest BCUT2D eigenvalue weighted by molar-refractivity contribution is 5.84. The number of carbonyl (C=O) groups excluding carboxylic acids is 1. The molecule has 1 aliphatic carbocycles. The van der Waals surface area contributed by atoms with Gasteiger partial charge in [0.1, 0.15) is 5.52 Å². The summed E-state index contributed by atoms with van der Waals surface area (Å²) in [5.41, 5.74) is 1.57. The van der Waals surface area contributed by atoms with Gasteiger partial charge < -0.3 is 19.5 Å². The molecule has 6 heteroatoms. The van der Waals surface area contributed by atoms with Gasteiger partial charge in [0.05, 0.1) is 5.41 Å². The molecule has 2 saturated heterocycles. The van der Waals surface area contributed by atoms with E-state index in [1.54, 1.807) is 0 Å². The zero-order valence-electron chi connectivity index (χ0n) is 15.1. The summed E-state index contributed by atoms with van der Waals surface area (Å²) in [4.78, 5) is 22.2. The SMILES string of the molecule is O=C(N1CCN(c2nc3ccccc3o2)CC1)[C@@]12CCCC[C@H]1CNC2. The predicted octanol–water partition coefficient (Wildman–Crippen LogP) is 2.26. The van der Waals surface area contributed by atoms with Gasteiger partial charge in [-0.15, -0.1) is 0 Å². The lowest BCUT2D eigenvalue weighted by atomic mass is 9.67. The largest absolute Gasteiger partial charge is 0.423 e. The van der Waals surface area contributed by atoms with E-state index < -0.39 is 0 Å². The molecule has 0 spiro atoms. The molecule has 2 aliphatic heterocycles. The zero-order valence-corrected chi connectivity index (χ0v) is 15.1. The molecule has 3 heterocycles. The summed E-state index contributed by atoms with van der Waals surface area (Å²) in [6.07, 6.45) is 4.70. The summed E-state index contributed by atoms with van der Waals surface area (Å²) in [5.74, 6) is 0.906. The number of aromatic nitrogens is 1. The molecule has 26 heavy (non-hydrogen) atoms. The number of fused-ring (bicyclic) bond motifs is 2. The number of carbonyl (C=O) groups is 1. The molecule has 3 aliphatic rings. The Balaban J connectivity index is 1.28. The van der Waals surface area contributed by atoms with Gasteiger partial charge >= 0.3 is 0 Å². The number of hydrogen-bond donors (Lipinski definition) is 1. The minimum absolute atomic E-state index is 0.141. The summed E-state index contributed by atoms with van der Waals surface area (Å²) in [6, 6.07) is 8.53. The monoisotopic (exact) mass is 354 g/mol. The van der Waals surface area contributed by atoms with Crippen LogP contribution in [0, 0.1) is 11.3 Å². The maximum atomic E-state index is 13.4. The fourth-order valence-electron chi connectivity index (χ4n) is 5.08. The third-order valence-corrected chi connectivity index (χ3v) is 6.58. The number of para-hydroxylation sites is 2. The molecule has 1 amide bonds. The van der Waals surface area contributed by atoms with E-state index in [9.17, 15) is 4.79 Å². The highest BCUT2D eigenvalue weighted by atomic mass is 16.4. The molecule has 3 fully saturated rings. The van der Waals surface area contributed by atoms with Crippen molar-refractivity contribution in [2.75, 3.05) is 44.2 Å². The van der Waals surface area contributed by atoms with Crippen LogP contribution in [0.5, 0.6) is 0 Å². The van der Waals surface area contributed by atoms with E-state index in [0.29, 0.717) is 17.8 Å². The highest BCUT2D eigenvalue weighted by Gasteiger charge is 2.51. The van der Waals surface area contributed by atoms with Crippen LogP contribution in [-0.4, -0.2) is 55.1 Å². The van der Waals surface area contributed by atoms with Gasteiger partial charge in [0, 0.05) is 32.7 Å². The minimum atomic E-state index is -0.141. The van der Waals surface area contributed by atoms with E-state index in [-0.39, 0.29) is 5.41 Å². The minimum Gasteiger partial charge on any atom is -0.423 e. The topological polar surface area (TPSA) is 61.6 Å². The van der Waals surface area contributed by atoms with Gasteiger partial charge in [-0.2, -0.15) is 4.98 Å². The number of rotatable bonds is 2. The van der Waals surface area contributed by atoms with Crippen molar-refractivity contribution >= 4 is 23.0 Å². The number of piperazine rings is 1. The molecule has 1 saturated carbocycles. The fourth-order valence-corrected chi connectivity index (χ4v) is 5.08. The second-order valence-corrected chi connectivity index (χ2v) is 7.97. The van der Waals surface area contributed by atoms with Crippen LogP contribution in [0.15, 0.2) is 28.7 Å². The average molecular weight is 354 g/mol. The fraction of sp³-hybridized carbons (Fsp3) is 0.600. The number of amides is 1. The summed E-state index contributed by atoms with van der Waals surface area (Å²) in [7, 11) is 0. The Morgan fingerprint density at radius 2 is 2.04 bits per heavy atom. The normalized spacial score (nSPS) is 29.2. The molecule has 1 aromatic carbocycles. The molecule has 0 unspecified atom stereocenters. The first-order chi connectivity index (χ1) is 12.8. The second kappa shape index (κ2) is 6.27. The standard InChI is InChI=1S/C20H26N4O2/c25-18(20-8-4-3-5-15(20)13-21-14-20)23-9-11-24(12-10-23)19-22-16-6-1-2-7-17(16)26-19/h1-2,6-7,15,21H,3-5,8-14H2/t15-,20+/m0/s1. The molecule has 0 radical (unpaired) electrons. The Kier molecular flexibility index (Phi) is 3.89. The predicted molar refractivity (Wildman–Crippen MR) is 100 cm³/mol. The number of anilines is 1. The maximum Gasteiger partial charge on any atom is 0.298 e. The van der Waals surface area contributed by atoms with Gasteiger partial charge in [-0.05, 0) is 37.4 Å². The lowest BCUT2D eigenvalue weighted by Crippen LogP contribution is -2.56. The van der Waals surface area contributed by atoms with Crippen molar-refractivity contribution in [3.63, 3.8) is 0 Å². The smallest absolute Gasteiger partial charge is 0.298 e. The average Bonchev–Trinajstić information content (AvgIpc) is 3.32. The van der Waals surface area contributed by atoms with Crippen molar-refractivity contribution in [1.29, 1.82) is 0 Å². The second-order valence-electron chi connectivity index (χ2n) is 7.97. The lowest BCUT2D eigenvalue weighted by Gasteiger charge is -2.43. The lowest BCUT2D eigenvalue weighted by molar-refractivity contribution is -0.145. The Hall–Kier alpha value is -2.08. The van der Waals surface area contributed by atoms with Crippen LogP contribution < -0.4 is 10.2 Å². The quantitative estimate of drug-likeness (QED) is 0.896. The van der Waals surface area contributed by atoms with Crippen LogP contribution in [0.2, 0.25) is 0 Å². The first kappa shape index (κ1) is 16.1. The van der Waals surface area contributed by atoms with Crippen LogP contribution in [0.25, 0.3) is 11.1 Å². The molecule has 2 aromatic rings. The van der Waals surface area contributed by atoms with Crippen molar-refractivity contribution in [1.82, 2.24) is 15.2 Å². The number of oxazole rings is 1. The van der Waals surface area contributed by atoms with E-state index in [1.165, 1.54) is 19.3 Å². The Morgan fingerprint density at radius 1 is 1.19 bits per heavy atom. The Labute approximate surface area is 153 Å². The summed E-state index contributed by atoms with van der Waals surface area (Å²) in [5, 5.41) is 3.49. The van der Waals surface area contributed by atoms with Gasteiger partial charge in [0.25, 0.3) is 6.01 Å². The third kappa shape index (κ3) is 2.50. The third-order valence-electron chi connectivity index (χ3n) is 6.58. The molecule has 138 valence electrons. The maximum absolute atomic E-state index is 13.4. The number of nitrogens with one attached hydrogen (secondary N) is 1. The number of benzene rings is 1. The molecular formula is C20H26N4O2. The summed E-state index contributed by atoms with van der Waals surface area (Å²) < 4.78 is 5.89. The van der Waals surface area contributed by atoms with Crippen LogP contribution in [0.1, 0.15) is 25.7 Å². The highest BCUT2D eigenvalue weighted by Crippen LogP contribution is 2.45. The van der Waals surface area contributed by atoms with Crippen LogP contribution in [0.3, 0.4) is 0 Å². The molecular weight excluding hydrogens is 328 g/mol. The van der Waals surface area contributed by atoms with Gasteiger partial charge in [-0.25, -0.2) is 0 Å². The van der Waals surface area contributed by atoms with E-state index >= 15 is 0 Å². The van der Waals surface area contributed by atoms with Crippen molar-refractivity contribution in [2.45, 2.75) is 25.7 Å². The van der Waals surface area contributed by atoms with Gasteiger partial charge in [0.2, 0.25) is 5.91 Å². The van der Waals surface area contributed by atoms with Gasteiger partial charge in [0.15, 0.2) is 5.58 Å². The van der Waals surface area contributed by atoms with Crippen molar-refractivity contribution in [2.24, 2.45) is 11.3 Å². The zero-order chi connectivity index (χ0) is 17.6. The summed E-state index contributed by atoms with van der Waals surface area (Å²) >= 11 is 0. The van der Waals surface area contributed by atoms with Crippen LogP contribution >= 0.6 is 0 Å². The van der Waals surface area contributed by atoms with Crippen LogP contribution in [-0.2, 0) is 4.79 Å². The number of nitrogens with zero attached hydrogens (tertiary/aromatic N) is 3. The molecule has 0 bridgehead atoms. The van der Waals surface area contributed by atoms with Gasteiger partial charge in [-0.3, -0.25) is 4.79 Å². The van der Waals surface area contributed by atoms with Gasteiger partial charge in [-0.1, -0.05) is 25.0 Å². The van der Waals surface area contributed by atoms with Crippen molar-refractivity contribution < 1.29 is 9.21 Å². The van der Waals surface area contributed by atoms with Crippen LogP contribution in [0.4, 0.5) is 6.01 Å². The Bertz CT molecular complexity index is 778. The Morgan fingerprint density at radius 3 is 2.88 bits per heavy atom. The van der Waals surface area contributed by atoms with E-state index in [2.05, 4.69) is 20.1 Å². The first-order valence-electron chi connectivity index (χ1n) is 9.87. The number of hydrogen-bond acceptors (Lipinski definition) is 5. The molecule has 1 N–H and O–H groups in total. The molecule has 2 atom stereocenters. The molecule has 6 nitrogen and oxygen atoms in total. The van der Waals surface area contributed by atoms with E-state index in [0.717, 1.165) is 56.8 Å². The summed E-state index contributed by atoms with van der Waals surface area (Å²) in [6.45, 7) is 4.95. The van der Waals surface area contributed by atoms with Crippen molar-refractivity contribution in [3.8, 4) is 0 Å².